The molecule has 11 nitrogen and oxygen atoms in total. The zero-order valence-corrected chi connectivity index (χ0v) is 39.1. The highest BCUT2D eigenvalue weighted by Crippen LogP contribution is 2.18. The van der Waals surface area contributed by atoms with E-state index in [0.29, 0.717) is 44.3 Å². The van der Waals surface area contributed by atoms with Crippen LogP contribution in [0.2, 0.25) is 0 Å². The summed E-state index contributed by atoms with van der Waals surface area (Å²) >= 11 is 0. The maximum Gasteiger partial charge on any atom is 0.307 e. The van der Waals surface area contributed by atoms with E-state index in [9.17, 15) is 19.2 Å². The zero-order valence-electron chi connectivity index (χ0n) is 39.1. The molecule has 61 heavy (non-hydrogen) atoms. The molecule has 0 aliphatic carbocycles. The molecule has 0 aromatic heterocycles. The van der Waals surface area contributed by atoms with Crippen molar-refractivity contribution in [2.45, 2.75) is 200 Å². The van der Waals surface area contributed by atoms with E-state index >= 15 is 0 Å². The van der Waals surface area contributed by atoms with Gasteiger partial charge >= 0.3 is 23.9 Å². The second-order valence-corrected chi connectivity index (χ2v) is 17.9. The lowest BCUT2D eigenvalue weighted by Gasteiger charge is -2.38. The lowest BCUT2D eigenvalue weighted by atomic mass is 10.0. The number of hydrogen-bond donors (Lipinski definition) is 1. The van der Waals surface area contributed by atoms with Crippen LogP contribution in [0.5, 0.6) is 0 Å². The van der Waals surface area contributed by atoms with E-state index in [1.807, 2.05) is 0 Å². The van der Waals surface area contributed by atoms with Gasteiger partial charge in [0.25, 0.3) is 0 Å². The standard InChI is InChI=1S/C50H89N3O8/c1-4-6-8-10-12-14-16-18-20-22-24-26-28-30-47(54)58-41-45(60-49(56)32-34-52-37-43(3)38-52)46(61-50(57)33-35-53-39-44(36-51)40-53)42-59-48(55)31-29-27-25-23-21-19-17-15-13-11-9-7-5-2/h14-17,43-46H,4-13,18-42,51H2,1-3H3/b16-14-,17-15-/t45-,46+/m0/s1. The summed E-state index contributed by atoms with van der Waals surface area (Å²) in [5.74, 6) is -0.723. The Balaban J connectivity index is 1.87. The molecule has 0 aromatic carbocycles. The number of unbranched alkanes of at least 4 members (excludes halogenated alkanes) is 18. The van der Waals surface area contributed by atoms with E-state index in [4.69, 9.17) is 24.7 Å². The number of rotatable bonds is 40. The third-order valence-electron chi connectivity index (χ3n) is 11.9. The third kappa shape index (κ3) is 29.3. The van der Waals surface area contributed by atoms with Crippen LogP contribution in [0.25, 0.3) is 0 Å². The number of nitrogens with zero attached hydrogens (tertiary/aromatic N) is 2. The number of allylic oxidation sites excluding steroid dienone is 4. The van der Waals surface area contributed by atoms with E-state index in [0.717, 1.165) is 90.4 Å². The molecule has 0 spiro atoms. The van der Waals surface area contributed by atoms with Gasteiger partial charge in [-0.1, -0.05) is 122 Å². The molecule has 2 saturated heterocycles. The number of carbonyl (C=O) groups excluding carboxylic acids is 4. The highest BCUT2D eigenvalue weighted by atomic mass is 16.6. The molecule has 0 aromatic rings. The number of carbonyl (C=O) groups is 4. The van der Waals surface area contributed by atoms with Crippen LogP contribution in [0.15, 0.2) is 24.3 Å². The molecule has 2 rings (SSSR count). The van der Waals surface area contributed by atoms with Gasteiger partial charge in [0, 0.05) is 52.1 Å². The predicted molar refractivity (Wildman–Crippen MR) is 246 cm³/mol. The quantitative estimate of drug-likeness (QED) is 0.0273. The largest absolute Gasteiger partial charge is 0.462 e. The molecule has 2 N–H and O–H groups in total. The van der Waals surface area contributed by atoms with Crippen LogP contribution in [0.3, 0.4) is 0 Å². The molecule has 0 unspecified atom stereocenters. The molecule has 2 aliphatic rings. The number of likely N-dealkylation sites (tertiary alicyclic amines) is 2. The Morgan fingerprint density at radius 3 is 1.25 bits per heavy atom. The van der Waals surface area contributed by atoms with Crippen molar-refractivity contribution >= 4 is 23.9 Å². The average Bonchev–Trinajstić information content (AvgIpc) is 3.22. The van der Waals surface area contributed by atoms with Crippen molar-refractivity contribution in [3.8, 4) is 0 Å². The van der Waals surface area contributed by atoms with Gasteiger partial charge in [-0.3, -0.25) is 19.2 Å². The van der Waals surface area contributed by atoms with Crippen molar-refractivity contribution < 1.29 is 38.1 Å². The van der Waals surface area contributed by atoms with Gasteiger partial charge in [-0.15, -0.1) is 0 Å². The summed E-state index contributed by atoms with van der Waals surface area (Å²) in [5, 5.41) is 0. The van der Waals surface area contributed by atoms with Gasteiger partial charge in [-0.25, -0.2) is 0 Å². The van der Waals surface area contributed by atoms with Crippen molar-refractivity contribution in [3.63, 3.8) is 0 Å². The van der Waals surface area contributed by atoms with Crippen molar-refractivity contribution in [3.05, 3.63) is 24.3 Å². The van der Waals surface area contributed by atoms with E-state index < -0.39 is 36.1 Å². The summed E-state index contributed by atoms with van der Waals surface area (Å²) in [6.07, 6.45) is 32.5. The summed E-state index contributed by atoms with van der Waals surface area (Å²) < 4.78 is 23.1. The van der Waals surface area contributed by atoms with Crippen LogP contribution in [0.4, 0.5) is 0 Å². The van der Waals surface area contributed by atoms with Crippen LogP contribution in [0.1, 0.15) is 188 Å². The van der Waals surface area contributed by atoms with Gasteiger partial charge in [0.2, 0.25) is 0 Å². The molecule has 2 atom stereocenters. The fourth-order valence-corrected chi connectivity index (χ4v) is 7.88. The van der Waals surface area contributed by atoms with Crippen molar-refractivity contribution in [1.29, 1.82) is 0 Å². The van der Waals surface area contributed by atoms with Gasteiger partial charge in [-0.2, -0.15) is 0 Å². The maximum atomic E-state index is 13.2. The van der Waals surface area contributed by atoms with Crippen molar-refractivity contribution in [2.75, 3.05) is 59.0 Å². The first-order valence-electron chi connectivity index (χ1n) is 24.9. The topological polar surface area (TPSA) is 138 Å². The van der Waals surface area contributed by atoms with E-state index in [1.54, 1.807) is 0 Å². The normalized spacial score (nSPS) is 16.1. The van der Waals surface area contributed by atoms with Gasteiger partial charge < -0.3 is 34.5 Å². The van der Waals surface area contributed by atoms with Crippen LogP contribution in [-0.4, -0.2) is 105 Å². The first-order chi connectivity index (χ1) is 29.7. The summed E-state index contributed by atoms with van der Waals surface area (Å²) in [6.45, 7) is 11.3. The fraction of sp³-hybridized carbons (Fsp3) is 0.840. The molecule has 2 aliphatic heterocycles. The van der Waals surface area contributed by atoms with Crippen LogP contribution < -0.4 is 5.73 Å². The van der Waals surface area contributed by atoms with Crippen LogP contribution >= 0.6 is 0 Å². The van der Waals surface area contributed by atoms with Crippen LogP contribution in [-0.2, 0) is 38.1 Å². The maximum absolute atomic E-state index is 13.2. The molecule has 2 heterocycles. The molecule has 11 heteroatoms. The Morgan fingerprint density at radius 1 is 0.508 bits per heavy atom. The molecule has 0 bridgehead atoms. The van der Waals surface area contributed by atoms with Crippen molar-refractivity contribution in [2.24, 2.45) is 17.6 Å². The number of hydrogen-bond acceptors (Lipinski definition) is 11. The molecule has 0 saturated carbocycles. The Labute approximate surface area is 371 Å². The first-order valence-corrected chi connectivity index (χ1v) is 24.9. The van der Waals surface area contributed by atoms with E-state index in [-0.39, 0.29) is 38.9 Å². The highest BCUT2D eigenvalue weighted by Gasteiger charge is 2.33. The lowest BCUT2D eigenvalue weighted by molar-refractivity contribution is -0.183. The first kappa shape index (κ1) is 54.4. The number of esters is 4. The minimum absolute atomic E-state index is 0.124. The Hall–Kier alpha value is -2.76. The number of nitrogens with two attached hydrogens (primary N) is 1. The lowest BCUT2D eigenvalue weighted by Crippen LogP contribution is -2.50. The van der Waals surface area contributed by atoms with E-state index in [1.165, 1.54) is 64.2 Å². The zero-order chi connectivity index (χ0) is 44.2. The molecular formula is C50H89N3O8. The molecular weight excluding hydrogens is 771 g/mol. The summed E-state index contributed by atoms with van der Waals surface area (Å²) in [5.41, 5.74) is 5.77. The average molecular weight is 860 g/mol. The smallest absolute Gasteiger partial charge is 0.307 e. The summed E-state index contributed by atoms with van der Waals surface area (Å²) in [7, 11) is 0. The van der Waals surface area contributed by atoms with Gasteiger partial charge in [0.1, 0.15) is 13.2 Å². The monoisotopic (exact) mass is 860 g/mol. The second kappa shape index (κ2) is 36.7. The molecule has 2 fully saturated rings. The van der Waals surface area contributed by atoms with Gasteiger partial charge in [-0.05, 0) is 82.6 Å². The summed E-state index contributed by atoms with van der Waals surface area (Å²) in [6, 6.07) is 0. The Kier molecular flexibility index (Phi) is 32.7. The fourth-order valence-electron chi connectivity index (χ4n) is 7.88. The SMILES string of the molecule is CCCCCC/C=C\CCCCCCCC(=O)OC[C@H](OC(=O)CCN1CC(C)C1)[C@@H](COC(=O)CCCCCCC/C=C\CCCCCC)OC(=O)CCN1CC(CN)C1. The molecule has 0 radical (unpaired) electrons. The van der Waals surface area contributed by atoms with Gasteiger partial charge in [0.05, 0.1) is 12.8 Å². The predicted octanol–water partition coefficient (Wildman–Crippen LogP) is 10.0. The molecule has 352 valence electrons. The Morgan fingerprint density at radius 2 is 0.869 bits per heavy atom. The second-order valence-electron chi connectivity index (χ2n) is 17.9. The summed E-state index contributed by atoms with van der Waals surface area (Å²) in [4.78, 5) is 56.5. The Bertz CT molecular complexity index is 1200. The number of ether oxygens (including phenoxy) is 4. The minimum Gasteiger partial charge on any atom is -0.462 e. The van der Waals surface area contributed by atoms with E-state index in [2.05, 4.69) is 54.9 Å². The third-order valence-corrected chi connectivity index (χ3v) is 11.9. The minimum atomic E-state index is -1.12. The van der Waals surface area contributed by atoms with Gasteiger partial charge in [0.15, 0.2) is 12.2 Å². The van der Waals surface area contributed by atoms with Crippen LogP contribution in [0, 0.1) is 11.8 Å². The molecule has 0 amide bonds. The van der Waals surface area contributed by atoms with Crippen molar-refractivity contribution in [1.82, 2.24) is 9.80 Å². The highest BCUT2D eigenvalue weighted by molar-refractivity contribution is 5.72.